The second kappa shape index (κ2) is 5.33. The van der Waals surface area contributed by atoms with Crippen LogP contribution in [0.3, 0.4) is 0 Å². The van der Waals surface area contributed by atoms with E-state index >= 15 is 0 Å². The van der Waals surface area contributed by atoms with E-state index in [4.69, 9.17) is 0 Å². The zero-order valence-corrected chi connectivity index (χ0v) is 13.1. The third-order valence-electron chi connectivity index (χ3n) is 3.06. The SMILES string of the molecule is Brc1ccc(Br)c(C(Br)CC2CCC2)c1. The average molecular weight is 397 g/mol. The molecule has 1 aromatic rings. The van der Waals surface area contributed by atoms with Crippen molar-refractivity contribution in [3.8, 4) is 0 Å². The summed E-state index contributed by atoms with van der Waals surface area (Å²) < 4.78 is 2.35. The Morgan fingerprint density at radius 1 is 1.27 bits per heavy atom. The molecule has 0 saturated heterocycles. The molecule has 0 nitrogen and oxygen atoms in total. The zero-order chi connectivity index (χ0) is 10.8. The first kappa shape index (κ1) is 12.1. The van der Waals surface area contributed by atoms with E-state index in [2.05, 4.69) is 66.0 Å². The molecule has 0 N–H and O–H groups in total. The van der Waals surface area contributed by atoms with Gasteiger partial charge in [-0.05, 0) is 36.1 Å². The van der Waals surface area contributed by atoms with E-state index in [0.717, 1.165) is 10.4 Å². The molecule has 1 unspecified atom stereocenters. The van der Waals surface area contributed by atoms with E-state index in [-0.39, 0.29) is 0 Å². The number of rotatable bonds is 3. The summed E-state index contributed by atoms with van der Waals surface area (Å²) in [4.78, 5) is 0.481. The van der Waals surface area contributed by atoms with Crippen LogP contribution >= 0.6 is 47.8 Å². The van der Waals surface area contributed by atoms with Gasteiger partial charge in [-0.1, -0.05) is 67.1 Å². The molecule has 0 spiro atoms. The molecule has 0 radical (unpaired) electrons. The summed E-state index contributed by atoms with van der Waals surface area (Å²) in [5.74, 6) is 0.931. The lowest BCUT2D eigenvalue weighted by Gasteiger charge is -2.28. The summed E-state index contributed by atoms with van der Waals surface area (Å²) in [6, 6.07) is 6.37. The Morgan fingerprint density at radius 2 is 2.00 bits per heavy atom. The molecule has 0 heterocycles. The van der Waals surface area contributed by atoms with E-state index in [1.807, 2.05) is 0 Å². The molecular formula is C12H13Br3. The van der Waals surface area contributed by atoms with Crippen molar-refractivity contribution in [2.75, 3.05) is 0 Å². The van der Waals surface area contributed by atoms with Crippen LogP contribution in [0.4, 0.5) is 0 Å². The highest BCUT2D eigenvalue weighted by Crippen LogP contribution is 2.41. The fourth-order valence-electron chi connectivity index (χ4n) is 1.90. The van der Waals surface area contributed by atoms with Crippen LogP contribution in [-0.2, 0) is 0 Å². The third kappa shape index (κ3) is 3.07. The standard InChI is InChI=1S/C12H13Br3/c13-9-4-5-11(14)10(7-9)12(15)6-8-2-1-3-8/h4-5,7-8,12H,1-3,6H2. The molecule has 15 heavy (non-hydrogen) atoms. The topological polar surface area (TPSA) is 0 Å². The van der Waals surface area contributed by atoms with Crippen LogP contribution in [0.15, 0.2) is 27.1 Å². The molecule has 82 valence electrons. The lowest BCUT2D eigenvalue weighted by Crippen LogP contribution is -2.12. The maximum absolute atomic E-state index is 3.80. The van der Waals surface area contributed by atoms with Crippen LogP contribution < -0.4 is 0 Å². The molecule has 0 aromatic heterocycles. The second-order valence-electron chi connectivity index (χ2n) is 4.17. The summed E-state index contributed by atoms with van der Waals surface area (Å²) >= 11 is 10.9. The van der Waals surface area contributed by atoms with E-state index in [1.165, 1.54) is 35.7 Å². The van der Waals surface area contributed by atoms with Gasteiger partial charge in [0.2, 0.25) is 0 Å². The van der Waals surface area contributed by atoms with Crippen molar-refractivity contribution in [3.63, 3.8) is 0 Å². The van der Waals surface area contributed by atoms with Crippen molar-refractivity contribution in [3.05, 3.63) is 32.7 Å². The average Bonchev–Trinajstić information content (AvgIpc) is 2.15. The van der Waals surface area contributed by atoms with Crippen LogP contribution in [0.2, 0.25) is 0 Å². The van der Waals surface area contributed by atoms with Gasteiger partial charge in [0.25, 0.3) is 0 Å². The summed E-state index contributed by atoms with van der Waals surface area (Å²) in [5.41, 5.74) is 1.36. The Hall–Kier alpha value is 0.660. The largest absolute Gasteiger partial charge is 0.0838 e. The molecule has 3 heteroatoms. The minimum Gasteiger partial charge on any atom is -0.0838 e. The van der Waals surface area contributed by atoms with Gasteiger partial charge in [0, 0.05) is 13.8 Å². The number of hydrogen-bond donors (Lipinski definition) is 0. The van der Waals surface area contributed by atoms with Crippen molar-refractivity contribution in [1.29, 1.82) is 0 Å². The van der Waals surface area contributed by atoms with Gasteiger partial charge in [0.1, 0.15) is 0 Å². The molecule has 1 aromatic carbocycles. The first-order chi connectivity index (χ1) is 7.16. The Morgan fingerprint density at radius 3 is 2.60 bits per heavy atom. The number of alkyl halides is 1. The van der Waals surface area contributed by atoms with E-state index in [1.54, 1.807) is 0 Å². The van der Waals surface area contributed by atoms with E-state index in [9.17, 15) is 0 Å². The normalized spacial score (nSPS) is 18.6. The fraction of sp³-hybridized carbons (Fsp3) is 0.500. The lowest BCUT2D eigenvalue weighted by atomic mass is 9.81. The first-order valence-corrected chi connectivity index (χ1v) is 7.76. The quantitative estimate of drug-likeness (QED) is 0.563. The molecule has 1 aliphatic carbocycles. The molecule has 1 saturated carbocycles. The monoisotopic (exact) mass is 394 g/mol. The Labute approximate surface area is 116 Å². The van der Waals surface area contributed by atoms with Gasteiger partial charge in [-0.25, -0.2) is 0 Å². The molecule has 1 fully saturated rings. The van der Waals surface area contributed by atoms with Crippen molar-refractivity contribution in [1.82, 2.24) is 0 Å². The number of benzene rings is 1. The predicted octanol–water partition coefficient (Wildman–Crippen LogP) is 5.84. The van der Waals surface area contributed by atoms with Crippen LogP contribution in [0.25, 0.3) is 0 Å². The van der Waals surface area contributed by atoms with Gasteiger partial charge in [-0.2, -0.15) is 0 Å². The Balaban J connectivity index is 2.09. The van der Waals surface area contributed by atoms with Gasteiger partial charge in [0.15, 0.2) is 0 Å². The summed E-state index contributed by atoms with van der Waals surface area (Å²) in [5, 5.41) is 0. The summed E-state index contributed by atoms with van der Waals surface area (Å²) in [6.07, 6.45) is 5.50. The van der Waals surface area contributed by atoms with Gasteiger partial charge < -0.3 is 0 Å². The molecule has 0 aliphatic heterocycles. The van der Waals surface area contributed by atoms with Gasteiger partial charge in [-0.3, -0.25) is 0 Å². The van der Waals surface area contributed by atoms with Gasteiger partial charge >= 0.3 is 0 Å². The number of hydrogen-bond acceptors (Lipinski definition) is 0. The molecule has 2 rings (SSSR count). The van der Waals surface area contributed by atoms with E-state index in [0.29, 0.717) is 4.83 Å². The lowest BCUT2D eigenvalue weighted by molar-refractivity contribution is 0.295. The van der Waals surface area contributed by atoms with Crippen LogP contribution in [-0.4, -0.2) is 0 Å². The zero-order valence-electron chi connectivity index (χ0n) is 8.35. The first-order valence-electron chi connectivity index (χ1n) is 5.26. The fourth-order valence-corrected chi connectivity index (χ4v) is 4.02. The molecule has 1 aliphatic rings. The second-order valence-corrected chi connectivity index (χ2v) is 7.04. The molecule has 1 atom stereocenters. The molecule has 0 amide bonds. The van der Waals surface area contributed by atoms with Crippen molar-refractivity contribution >= 4 is 47.8 Å². The Kier molecular flexibility index (Phi) is 4.31. The molecular weight excluding hydrogens is 384 g/mol. The highest BCUT2D eigenvalue weighted by molar-refractivity contribution is 9.11. The maximum Gasteiger partial charge on any atom is 0.0409 e. The van der Waals surface area contributed by atoms with Crippen molar-refractivity contribution in [2.45, 2.75) is 30.5 Å². The highest BCUT2D eigenvalue weighted by Gasteiger charge is 2.22. The van der Waals surface area contributed by atoms with Crippen molar-refractivity contribution < 1.29 is 0 Å². The predicted molar refractivity (Wildman–Crippen MR) is 75.5 cm³/mol. The third-order valence-corrected chi connectivity index (χ3v) is 5.14. The maximum atomic E-state index is 3.80. The van der Waals surface area contributed by atoms with Gasteiger partial charge in [0.05, 0.1) is 0 Å². The molecule has 0 bridgehead atoms. The highest BCUT2D eigenvalue weighted by atomic mass is 79.9. The minimum atomic E-state index is 0.481. The van der Waals surface area contributed by atoms with Crippen molar-refractivity contribution in [2.24, 2.45) is 5.92 Å². The smallest absolute Gasteiger partial charge is 0.0409 e. The Bertz CT molecular complexity index is 345. The minimum absolute atomic E-state index is 0.481. The number of halogens is 3. The van der Waals surface area contributed by atoms with Gasteiger partial charge in [-0.15, -0.1) is 0 Å². The summed E-state index contributed by atoms with van der Waals surface area (Å²) in [6.45, 7) is 0. The van der Waals surface area contributed by atoms with Crippen LogP contribution in [0, 0.1) is 5.92 Å². The van der Waals surface area contributed by atoms with Crippen LogP contribution in [0.5, 0.6) is 0 Å². The summed E-state index contributed by atoms with van der Waals surface area (Å²) in [7, 11) is 0. The van der Waals surface area contributed by atoms with E-state index < -0.39 is 0 Å². The van der Waals surface area contributed by atoms with Crippen LogP contribution in [0.1, 0.15) is 36.1 Å².